The molecule has 0 N–H and O–H groups in total. The Bertz CT molecular complexity index is 576. The largest absolute Gasteiger partial charge is 0.245 e. The molecule has 2 atom stereocenters. The summed E-state index contributed by atoms with van der Waals surface area (Å²) in [5.74, 6) is 0. The fraction of sp³-hybridized carbons (Fsp3) is 0.538. The summed E-state index contributed by atoms with van der Waals surface area (Å²) in [6.45, 7) is 3.98. The zero-order valence-electron chi connectivity index (χ0n) is 10.9. The highest BCUT2D eigenvalue weighted by Gasteiger charge is 2.39. The first-order valence-electron chi connectivity index (χ1n) is 6.36. The molecule has 1 aliphatic heterocycles. The van der Waals surface area contributed by atoms with Crippen LogP contribution in [0.25, 0.3) is 0 Å². The van der Waals surface area contributed by atoms with Gasteiger partial charge in [-0.05, 0) is 44.4 Å². The van der Waals surface area contributed by atoms with Gasteiger partial charge in [-0.3, -0.25) is 0 Å². The summed E-state index contributed by atoms with van der Waals surface area (Å²) in [5.41, 5.74) is 0. The van der Waals surface area contributed by atoms with E-state index in [9.17, 15) is 8.42 Å². The van der Waals surface area contributed by atoms with Crippen LogP contribution < -0.4 is 0 Å². The van der Waals surface area contributed by atoms with Crippen LogP contribution in [-0.2, 0) is 10.0 Å². The van der Waals surface area contributed by atoms with Gasteiger partial charge in [0.15, 0.2) is 0 Å². The zero-order chi connectivity index (χ0) is 14.2. The highest BCUT2D eigenvalue weighted by Crippen LogP contribution is 2.35. The Morgan fingerprint density at radius 2 is 2.11 bits per heavy atom. The van der Waals surface area contributed by atoms with Crippen molar-refractivity contribution in [2.75, 3.05) is 0 Å². The summed E-state index contributed by atoms with van der Waals surface area (Å²) in [6.07, 6.45) is 2.66. The summed E-state index contributed by atoms with van der Waals surface area (Å²) in [4.78, 5) is 0.199. The third-order valence-corrected chi connectivity index (χ3v) is 6.68. The molecule has 1 aromatic carbocycles. The minimum absolute atomic E-state index is 0.0367. The van der Waals surface area contributed by atoms with E-state index in [1.807, 2.05) is 13.8 Å². The minimum atomic E-state index is -3.52. The number of halogens is 2. The number of rotatable bonds is 3. The van der Waals surface area contributed by atoms with Gasteiger partial charge in [0.2, 0.25) is 10.0 Å². The van der Waals surface area contributed by atoms with Gasteiger partial charge in [-0.2, -0.15) is 4.31 Å². The normalized spacial score (nSPS) is 24.8. The van der Waals surface area contributed by atoms with Gasteiger partial charge in [-0.25, -0.2) is 8.42 Å². The zero-order valence-corrected chi connectivity index (χ0v) is 14.1. The Balaban J connectivity index is 2.47. The molecule has 0 aliphatic carbocycles. The first kappa shape index (κ1) is 15.3. The van der Waals surface area contributed by atoms with Crippen molar-refractivity contribution in [1.82, 2.24) is 4.31 Å². The van der Waals surface area contributed by atoms with E-state index in [1.54, 1.807) is 22.5 Å². The average Bonchev–Trinajstić information content (AvgIpc) is 2.70. The van der Waals surface area contributed by atoms with E-state index in [4.69, 9.17) is 11.6 Å². The highest BCUT2D eigenvalue weighted by molar-refractivity contribution is 9.10. The summed E-state index contributed by atoms with van der Waals surface area (Å²) in [5, 5.41) is 0.267. The van der Waals surface area contributed by atoms with Crippen molar-refractivity contribution in [2.24, 2.45) is 0 Å². The van der Waals surface area contributed by atoms with Crippen LogP contribution in [0.4, 0.5) is 0 Å². The molecule has 1 heterocycles. The molecule has 0 bridgehead atoms. The maximum Gasteiger partial charge on any atom is 0.245 e. The molecular formula is C13H17BrClNO2S. The SMILES string of the molecule is CCC1CCC(C)N1S(=O)(=O)c1ccc(Br)cc1Cl. The van der Waals surface area contributed by atoms with E-state index in [1.165, 1.54) is 0 Å². The Hall–Kier alpha value is -0.100. The number of hydrogen-bond donors (Lipinski definition) is 0. The van der Waals surface area contributed by atoms with E-state index in [-0.39, 0.29) is 22.0 Å². The molecule has 19 heavy (non-hydrogen) atoms. The fourth-order valence-corrected chi connectivity index (χ4v) is 5.63. The standard InChI is InChI=1S/C13H17BrClNO2S/c1-3-11-6-4-9(2)16(11)19(17,18)13-7-5-10(14)8-12(13)15/h5,7-9,11H,3-4,6H2,1-2H3. The van der Waals surface area contributed by atoms with Gasteiger partial charge in [-0.15, -0.1) is 0 Å². The van der Waals surface area contributed by atoms with Gasteiger partial charge in [0.1, 0.15) is 4.90 Å². The second-order valence-corrected chi connectivity index (χ2v) is 8.03. The monoisotopic (exact) mass is 365 g/mol. The van der Waals surface area contributed by atoms with Gasteiger partial charge in [0.05, 0.1) is 5.02 Å². The molecule has 2 unspecified atom stereocenters. The summed E-state index contributed by atoms with van der Waals surface area (Å²) >= 11 is 9.39. The van der Waals surface area contributed by atoms with Gasteiger partial charge < -0.3 is 0 Å². The molecule has 0 amide bonds. The van der Waals surface area contributed by atoms with E-state index in [2.05, 4.69) is 15.9 Å². The molecule has 1 aromatic rings. The summed E-state index contributed by atoms with van der Waals surface area (Å²) in [6, 6.07) is 5.02. The molecular weight excluding hydrogens is 350 g/mol. The maximum absolute atomic E-state index is 12.8. The molecule has 1 fully saturated rings. The van der Waals surface area contributed by atoms with Crippen LogP contribution in [0, 0.1) is 0 Å². The minimum Gasteiger partial charge on any atom is -0.207 e. The lowest BCUT2D eigenvalue weighted by atomic mass is 10.2. The Morgan fingerprint density at radius 1 is 1.42 bits per heavy atom. The topological polar surface area (TPSA) is 37.4 Å². The van der Waals surface area contributed by atoms with Crippen LogP contribution in [0.5, 0.6) is 0 Å². The molecule has 3 nitrogen and oxygen atoms in total. The van der Waals surface area contributed by atoms with Gasteiger partial charge >= 0.3 is 0 Å². The number of nitrogens with zero attached hydrogens (tertiary/aromatic N) is 1. The van der Waals surface area contributed by atoms with Gasteiger partial charge in [0, 0.05) is 16.6 Å². The van der Waals surface area contributed by atoms with E-state index in [0.29, 0.717) is 0 Å². The first-order chi connectivity index (χ1) is 8.87. The Kier molecular flexibility index (Phi) is 4.60. The van der Waals surface area contributed by atoms with Crippen molar-refractivity contribution in [3.05, 3.63) is 27.7 Å². The van der Waals surface area contributed by atoms with Crippen molar-refractivity contribution in [1.29, 1.82) is 0 Å². The predicted molar refractivity (Wildman–Crippen MR) is 81.0 cm³/mol. The molecule has 0 aromatic heterocycles. The highest BCUT2D eigenvalue weighted by atomic mass is 79.9. The lowest BCUT2D eigenvalue weighted by molar-refractivity contribution is 0.329. The Labute approximate surface area is 128 Å². The van der Waals surface area contributed by atoms with E-state index < -0.39 is 10.0 Å². The van der Waals surface area contributed by atoms with Crippen LogP contribution in [0.15, 0.2) is 27.6 Å². The van der Waals surface area contributed by atoms with Crippen LogP contribution in [-0.4, -0.2) is 24.8 Å². The average molecular weight is 367 g/mol. The molecule has 0 radical (unpaired) electrons. The van der Waals surface area contributed by atoms with Crippen molar-refractivity contribution in [3.63, 3.8) is 0 Å². The predicted octanol–water partition coefficient (Wildman–Crippen LogP) is 4.05. The molecule has 0 spiro atoms. The fourth-order valence-electron chi connectivity index (χ4n) is 2.66. The van der Waals surface area contributed by atoms with E-state index in [0.717, 1.165) is 23.7 Å². The lowest BCUT2D eigenvalue weighted by Crippen LogP contribution is -2.39. The third-order valence-electron chi connectivity index (χ3n) is 3.63. The van der Waals surface area contributed by atoms with Crippen LogP contribution in [0.2, 0.25) is 5.02 Å². The second kappa shape index (κ2) is 5.72. The van der Waals surface area contributed by atoms with Gasteiger partial charge in [0.25, 0.3) is 0 Å². The molecule has 106 valence electrons. The number of sulfonamides is 1. The first-order valence-corrected chi connectivity index (χ1v) is 8.97. The van der Waals surface area contributed by atoms with Crippen molar-refractivity contribution >= 4 is 37.6 Å². The molecule has 1 aliphatic rings. The summed E-state index contributed by atoms with van der Waals surface area (Å²) < 4.78 is 27.9. The van der Waals surface area contributed by atoms with Crippen molar-refractivity contribution in [2.45, 2.75) is 50.1 Å². The smallest absolute Gasteiger partial charge is 0.207 e. The number of benzene rings is 1. The Morgan fingerprint density at radius 3 is 2.68 bits per heavy atom. The lowest BCUT2D eigenvalue weighted by Gasteiger charge is -2.27. The van der Waals surface area contributed by atoms with Crippen LogP contribution >= 0.6 is 27.5 Å². The maximum atomic E-state index is 12.8. The second-order valence-electron chi connectivity index (χ2n) is 4.90. The molecule has 6 heteroatoms. The molecule has 1 saturated heterocycles. The number of hydrogen-bond acceptors (Lipinski definition) is 2. The summed E-state index contributed by atoms with van der Waals surface area (Å²) in [7, 11) is -3.52. The molecule has 0 saturated carbocycles. The van der Waals surface area contributed by atoms with Gasteiger partial charge in [-0.1, -0.05) is 34.5 Å². The van der Waals surface area contributed by atoms with Crippen LogP contribution in [0.1, 0.15) is 33.1 Å². The molecule has 2 rings (SSSR count). The van der Waals surface area contributed by atoms with E-state index >= 15 is 0 Å². The quantitative estimate of drug-likeness (QED) is 0.809. The van der Waals surface area contributed by atoms with Crippen LogP contribution in [0.3, 0.4) is 0 Å². The van der Waals surface area contributed by atoms with Crippen molar-refractivity contribution in [3.8, 4) is 0 Å². The third kappa shape index (κ3) is 2.84. The van der Waals surface area contributed by atoms with Crippen molar-refractivity contribution < 1.29 is 8.42 Å².